The molecule has 0 saturated carbocycles. The van der Waals surface area contributed by atoms with Gasteiger partial charge < -0.3 is 20.3 Å². The third-order valence-electron chi connectivity index (χ3n) is 5.25. The summed E-state index contributed by atoms with van der Waals surface area (Å²) >= 11 is 0. The fraction of sp³-hybridized carbons (Fsp3) is 0.300. The van der Waals surface area contributed by atoms with Gasteiger partial charge in [0.15, 0.2) is 0 Å². The molecule has 134 valence electrons. The lowest BCUT2D eigenvalue weighted by molar-refractivity contribution is -0.120. The molecule has 2 aromatic rings. The number of carbonyl (C=O) groups excluding carboxylic acids is 2. The number of likely N-dealkylation sites (tertiary alicyclic amines) is 1. The standard InChI is InChI=1S/C20H21N3O3/c1-13-4-3-5-14(10-13)21-19(25)23-9-8-20(12-23)16-11-15(26-2)6-7-17(16)22-18(20)24/h3-7,10-11H,8-9,12H2,1-2H3,(H,21,25)(H,22,24). The summed E-state index contributed by atoms with van der Waals surface area (Å²) in [5, 5.41) is 5.87. The molecule has 2 N–H and O–H groups in total. The first-order valence-corrected chi connectivity index (χ1v) is 8.64. The summed E-state index contributed by atoms with van der Waals surface area (Å²) in [6.07, 6.45) is 0.597. The van der Waals surface area contributed by atoms with Gasteiger partial charge in [0.25, 0.3) is 0 Å². The number of nitrogens with zero attached hydrogens (tertiary/aromatic N) is 1. The van der Waals surface area contributed by atoms with E-state index in [1.807, 2.05) is 49.4 Å². The lowest BCUT2D eigenvalue weighted by atomic mass is 9.81. The van der Waals surface area contributed by atoms with Crippen LogP contribution in [0, 0.1) is 6.92 Å². The minimum Gasteiger partial charge on any atom is -0.497 e. The second-order valence-electron chi connectivity index (χ2n) is 6.92. The number of benzene rings is 2. The number of rotatable bonds is 2. The molecule has 2 aliphatic heterocycles. The van der Waals surface area contributed by atoms with Crippen molar-refractivity contribution in [2.45, 2.75) is 18.8 Å². The largest absolute Gasteiger partial charge is 0.497 e. The minimum absolute atomic E-state index is 0.0494. The van der Waals surface area contributed by atoms with Crippen LogP contribution >= 0.6 is 0 Å². The monoisotopic (exact) mass is 351 g/mol. The number of hydrogen-bond acceptors (Lipinski definition) is 3. The minimum atomic E-state index is -0.701. The van der Waals surface area contributed by atoms with Crippen LogP contribution in [0.2, 0.25) is 0 Å². The number of ether oxygens (including phenoxy) is 1. The van der Waals surface area contributed by atoms with E-state index in [4.69, 9.17) is 4.74 Å². The van der Waals surface area contributed by atoms with Gasteiger partial charge in [0.1, 0.15) is 5.75 Å². The van der Waals surface area contributed by atoms with Gasteiger partial charge in [0.05, 0.1) is 12.5 Å². The van der Waals surface area contributed by atoms with Crippen molar-refractivity contribution >= 4 is 23.3 Å². The van der Waals surface area contributed by atoms with Crippen molar-refractivity contribution in [3.05, 3.63) is 53.6 Å². The van der Waals surface area contributed by atoms with E-state index in [0.717, 1.165) is 22.5 Å². The third-order valence-corrected chi connectivity index (χ3v) is 5.25. The zero-order chi connectivity index (χ0) is 18.3. The molecule has 3 amide bonds. The zero-order valence-electron chi connectivity index (χ0n) is 14.8. The average Bonchev–Trinajstić information content (AvgIpc) is 3.19. The van der Waals surface area contributed by atoms with Crippen LogP contribution in [0.4, 0.5) is 16.2 Å². The van der Waals surface area contributed by atoms with E-state index in [1.54, 1.807) is 12.0 Å². The smallest absolute Gasteiger partial charge is 0.321 e. The van der Waals surface area contributed by atoms with Gasteiger partial charge in [0.2, 0.25) is 5.91 Å². The van der Waals surface area contributed by atoms with Crippen LogP contribution in [0.1, 0.15) is 17.5 Å². The topological polar surface area (TPSA) is 70.7 Å². The zero-order valence-corrected chi connectivity index (χ0v) is 14.8. The summed E-state index contributed by atoms with van der Waals surface area (Å²) in [6.45, 7) is 2.87. The molecule has 0 aromatic heterocycles. The molecule has 6 nitrogen and oxygen atoms in total. The van der Waals surface area contributed by atoms with Crippen LogP contribution in [0.3, 0.4) is 0 Å². The molecule has 1 fully saturated rings. The number of aryl methyl sites for hydroxylation is 1. The van der Waals surface area contributed by atoms with Gasteiger partial charge in [-0.3, -0.25) is 4.79 Å². The Morgan fingerprint density at radius 1 is 1.27 bits per heavy atom. The lowest BCUT2D eigenvalue weighted by Gasteiger charge is -2.23. The molecular formula is C20H21N3O3. The number of nitrogens with one attached hydrogen (secondary N) is 2. The molecule has 1 saturated heterocycles. The van der Waals surface area contributed by atoms with Gasteiger partial charge in [-0.15, -0.1) is 0 Å². The number of fused-ring (bicyclic) bond motifs is 2. The van der Waals surface area contributed by atoms with Gasteiger partial charge in [-0.2, -0.15) is 0 Å². The number of amides is 3. The third kappa shape index (κ3) is 2.58. The van der Waals surface area contributed by atoms with E-state index in [2.05, 4.69) is 10.6 Å². The van der Waals surface area contributed by atoms with Crippen LogP contribution in [0.25, 0.3) is 0 Å². The van der Waals surface area contributed by atoms with Crippen LogP contribution in [-0.4, -0.2) is 37.0 Å². The summed E-state index contributed by atoms with van der Waals surface area (Å²) in [5.41, 5.74) is 2.85. The molecule has 1 atom stereocenters. The lowest BCUT2D eigenvalue weighted by Crippen LogP contribution is -2.40. The highest BCUT2D eigenvalue weighted by molar-refractivity contribution is 6.07. The van der Waals surface area contributed by atoms with E-state index < -0.39 is 5.41 Å². The molecule has 0 radical (unpaired) electrons. The molecule has 6 heteroatoms. The molecule has 4 rings (SSSR count). The van der Waals surface area contributed by atoms with Crippen molar-refractivity contribution in [3.8, 4) is 5.75 Å². The summed E-state index contributed by atoms with van der Waals surface area (Å²) < 4.78 is 5.31. The fourth-order valence-corrected chi connectivity index (χ4v) is 3.83. The molecule has 2 aromatic carbocycles. The SMILES string of the molecule is COc1ccc2c(c1)C1(CCN(C(=O)Nc3cccc(C)c3)C1)C(=O)N2. The molecular weight excluding hydrogens is 330 g/mol. The Morgan fingerprint density at radius 3 is 2.88 bits per heavy atom. The Kier molecular flexibility index (Phi) is 3.83. The molecule has 1 unspecified atom stereocenters. The number of urea groups is 1. The highest BCUT2D eigenvalue weighted by Gasteiger charge is 2.52. The molecule has 0 bridgehead atoms. The van der Waals surface area contributed by atoms with Crippen molar-refractivity contribution in [2.24, 2.45) is 0 Å². The number of methoxy groups -OCH3 is 1. The van der Waals surface area contributed by atoms with Gasteiger partial charge in [-0.1, -0.05) is 12.1 Å². The van der Waals surface area contributed by atoms with Crippen LogP contribution in [0.5, 0.6) is 5.75 Å². The number of anilines is 2. The maximum Gasteiger partial charge on any atom is 0.321 e. The molecule has 0 aliphatic carbocycles. The number of carbonyl (C=O) groups is 2. The Bertz CT molecular complexity index is 896. The first kappa shape index (κ1) is 16.4. The predicted molar refractivity (Wildman–Crippen MR) is 99.7 cm³/mol. The van der Waals surface area contributed by atoms with Crippen LogP contribution in [0.15, 0.2) is 42.5 Å². The Balaban J connectivity index is 1.57. The van der Waals surface area contributed by atoms with Crippen molar-refractivity contribution in [2.75, 3.05) is 30.8 Å². The van der Waals surface area contributed by atoms with Crippen LogP contribution in [-0.2, 0) is 10.2 Å². The first-order valence-electron chi connectivity index (χ1n) is 8.64. The van der Waals surface area contributed by atoms with Gasteiger partial charge >= 0.3 is 6.03 Å². The van der Waals surface area contributed by atoms with Crippen molar-refractivity contribution in [3.63, 3.8) is 0 Å². The summed E-state index contributed by atoms with van der Waals surface area (Å²) in [5.74, 6) is 0.661. The Hall–Kier alpha value is -3.02. The van der Waals surface area contributed by atoms with Crippen molar-refractivity contribution < 1.29 is 14.3 Å². The van der Waals surface area contributed by atoms with E-state index in [-0.39, 0.29) is 11.9 Å². The van der Waals surface area contributed by atoms with Gasteiger partial charge in [0, 0.05) is 24.5 Å². The predicted octanol–water partition coefficient (Wildman–Crippen LogP) is 3.13. The van der Waals surface area contributed by atoms with E-state index in [0.29, 0.717) is 25.3 Å². The Morgan fingerprint density at radius 2 is 2.12 bits per heavy atom. The first-order chi connectivity index (χ1) is 12.5. The Labute approximate surface area is 152 Å². The molecule has 26 heavy (non-hydrogen) atoms. The normalized spacial score (nSPS) is 20.8. The number of hydrogen-bond donors (Lipinski definition) is 2. The van der Waals surface area contributed by atoms with E-state index in [9.17, 15) is 9.59 Å². The highest BCUT2D eigenvalue weighted by Crippen LogP contribution is 2.45. The maximum atomic E-state index is 12.7. The summed E-state index contributed by atoms with van der Waals surface area (Å²) in [7, 11) is 1.61. The second-order valence-corrected chi connectivity index (χ2v) is 6.92. The second kappa shape index (κ2) is 6.05. The van der Waals surface area contributed by atoms with Crippen LogP contribution < -0.4 is 15.4 Å². The average molecular weight is 351 g/mol. The summed E-state index contributed by atoms with van der Waals surface area (Å²) in [4.78, 5) is 27.1. The molecule has 1 spiro atoms. The van der Waals surface area contributed by atoms with Gasteiger partial charge in [-0.25, -0.2) is 4.79 Å². The van der Waals surface area contributed by atoms with E-state index in [1.165, 1.54) is 0 Å². The maximum absolute atomic E-state index is 12.7. The van der Waals surface area contributed by atoms with E-state index >= 15 is 0 Å². The highest BCUT2D eigenvalue weighted by atomic mass is 16.5. The molecule has 2 aliphatic rings. The fourth-order valence-electron chi connectivity index (χ4n) is 3.83. The van der Waals surface area contributed by atoms with Gasteiger partial charge in [-0.05, 0) is 54.8 Å². The van der Waals surface area contributed by atoms with Crippen molar-refractivity contribution in [1.82, 2.24) is 4.90 Å². The molecule has 2 heterocycles. The van der Waals surface area contributed by atoms with Crippen molar-refractivity contribution in [1.29, 1.82) is 0 Å². The quantitative estimate of drug-likeness (QED) is 0.873. The summed E-state index contributed by atoms with van der Waals surface area (Å²) in [6, 6.07) is 13.1.